The molecule has 2 aliphatic rings. The molecule has 0 nitrogen and oxygen atoms in total. The number of rotatable bonds is 0. The molecule has 2 aliphatic carbocycles. The van der Waals surface area contributed by atoms with Crippen molar-refractivity contribution in [3.8, 4) is 11.1 Å². The van der Waals surface area contributed by atoms with Crippen LogP contribution in [0, 0.1) is 12.1 Å². The van der Waals surface area contributed by atoms with Crippen molar-refractivity contribution in [3.63, 3.8) is 0 Å². The van der Waals surface area contributed by atoms with Crippen molar-refractivity contribution in [1.29, 1.82) is 0 Å². The maximum atomic E-state index is 3.30. The topological polar surface area (TPSA) is 0 Å². The number of allylic oxidation sites excluding steroid dienone is 4. The predicted molar refractivity (Wildman–Crippen MR) is 75.1 cm³/mol. The first-order valence-electron chi connectivity index (χ1n) is 6.25. The van der Waals surface area contributed by atoms with Crippen LogP contribution in [0.3, 0.4) is 0 Å². The molecule has 0 spiro atoms. The zero-order chi connectivity index (χ0) is 12.2. The molecule has 0 radical (unpaired) electrons. The molecule has 0 saturated carbocycles. The van der Waals surface area contributed by atoms with Gasteiger partial charge >= 0.3 is 21.7 Å². The fourth-order valence-corrected chi connectivity index (χ4v) is 2.34. The van der Waals surface area contributed by atoms with Gasteiger partial charge in [-0.05, 0) is 6.42 Å². The van der Waals surface area contributed by atoms with Crippen molar-refractivity contribution in [2.24, 2.45) is 0 Å². The van der Waals surface area contributed by atoms with Crippen LogP contribution in [-0.2, 0) is 28.1 Å². The maximum Gasteiger partial charge on any atom is 4.00 e. The second-order valence-electron chi connectivity index (χ2n) is 4.40. The van der Waals surface area contributed by atoms with Gasteiger partial charge in [0.05, 0.1) is 0 Å². The maximum absolute atomic E-state index is 3.30. The second-order valence-corrected chi connectivity index (χ2v) is 4.40. The Labute approximate surface area is 154 Å². The molecule has 104 valence electrons. The van der Waals surface area contributed by atoms with Gasteiger partial charge in [-0.3, -0.25) is 6.08 Å². The molecule has 0 amide bonds. The minimum atomic E-state index is 0. The van der Waals surface area contributed by atoms with Crippen LogP contribution in [-0.4, -0.2) is 0 Å². The molecule has 0 saturated heterocycles. The molecule has 0 N–H and O–H groups in total. The summed E-state index contributed by atoms with van der Waals surface area (Å²) in [4.78, 5) is 0. The van der Waals surface area contributed by atoms with E-state index in [1.807, 2.05) is 18.2 Å². The molecule has 0 aliphatic heterocycles. The summed E-state index contributed by atoms with van der Waals surface area (Å²) in [7, 11) is 0. The Bertz CT molecular complexity index is 565. The molecule has 0 heterocycles. The summed E-state index contributed by atoms with van der Waals surface area (Å²) in [5.74, 6) is 0. The first-order valence-corrected chi connectivity index (χ1v) is 6.25. The minimum absolute atomic E-state index is 0. The predicted octanol–water partition coefficient (Wildman–Crippen LogP) is -1.63. The van der Waals surface area contributed by atoms with Gasteiger partial charge in [-0.1, -0.05) is 35.4 Å². The van der Waals surface area contributed by atoms with Crippen LogP contribution in [0.4, 0.5) is 0 Å². The van der Waals surface area contributed by atoms with E-state index in [9.17, 15) is 0 Å². The molecule has 0 bridgehead atoms. The number of fused-ring (bicyclic) bond motifs is 3. The van der Waals surface area contributed by atoms with Crippen molar-refractivity contribution in [2.45, 2.75) is 12.8 Å². The molecule has 0 unspecified atom stereocenters. The molecule has 2 aromatic carbocycles. The third kappa shape index (κ3) is 4.86. The van der Waals surface area contributed by atoms with E-state index < -0.39 is 0 Å². The Morgan fingerprint density at radius 2 is 1.67 bits per heavy atom. The molecule has 0 atom stereocenters. The van der Waals surface area contributed by atoms with E-state index in [0.717, 1.165) is 12.8 Å². The van der Waals surface area contributed by atoms with Crippen LogP contribution in [0.2, 0.25) is 0 Å². The van der Waals surface area contributed by atoms with Crippen molar-refractivity contribution in [2.75, 3.05) is 0 Å². The van der Waals surface area contributed by atoms with E-state index in [0.29, 0.717) is 0 Å². The summed E-state index contributed by atoms with van der Waals surface area (Å²) in [6.45, 7) is 0. The number of hydrogen-bond acceptors (Lipinski definition) is 0. The summed E-state index contributed by atoms with van der Waals surface area (Å²) in [5.41, 5.74) is 5.51. The number of hydrogen-bond donors (Lipinski definition) is 0. The van der Waals surface area contributed by atoms with E-state index >= 15 is 0 Å². The van der Waals surface area contributed by atoms with Gasteiger partial charge < -0.3 is 24.8 Å². The standard InChI is InChI=1S/C13H9.C5H5.2ClH.Ti/c1-3-7-12-10(5-1)9-11-6-2-4-8-13(11)12;1-2-4-5-3-1;;;/h1-5,7-8H,9H2;1-3H,4H2;2*1H;/q2*-1;;;+4/p-2. The van der Waals surface area contributed by atoms with E-state index in [1.54, 1.807) is 0 Å². The molecule has 4 rings (SSSR count). The zero-order valence-corrected chi connectivity index (χ0v) is 14.5. The van der Waals surface area contributed by atoms with E-state index in [1.165, 1.54) is 22.3 Å². The fourth-order valence-electron chi connectivity index (χ4n) is 2.34. The smallest absolute Gasteiger partial charge is 1.00 e. The van der Waals surface area contributed by atoms with Crippen LogP contribution >= 0.6 is 0 Å². The Hall–Kier alpha value is -0.786. The van der Waals surface area contributed by atoms with E-state index in [-0.39, 0.29) is 46.5 Å². The third-order valence-corrected chi connectivity index (χ3v) is 3.20. The molecular formula is C18H14Cl2Ti. The average Bonchev–Trinajstić information content (AvgIpc) is 3.10. The summed E-state index contributed by atoms with van der Waals surface area (Å²) >= 11 is 0. The number of benzene rings is 2. The van der Waals surface area contributed by atoms with Crippen molar-refractivity contribution >= 4 is 0 Å². The van der Waals surface area contributed by atoms with Gasteiger partial charge in [0.25, 0.3) is 0 Å². The van der Waals surface area contributed by atoms with Gasteiger partial charge in [-0.25, -0.2) is 12.2 Å². The van der Waals surface area contributed by atoms with Gasteiger partial charge in [0.2, 0.25) is 0 Å². The first kappa shape index (κ1) is 20.2. The Balaban J connectivity index is 0.000000437. The van der Waals surface area contributed by atoms with Crippen LogP contribution in [0.1, 0.15) is 17.5 Å². The molecule has 0 fully saturated rings. The Morgan fingerprint density at radius 3 is 2.33 bits per heavy atom. The van der Waals surface area contributed by atoms with Crippen molar-refractivity contribution in [3.05, 3.63) is 84.0 Å². The Morgan fingerprint density at radius 1 is 0.905 bits per heavy atom. The van der Waals surface area contributed by atoms with Crippen molar-refractivity contribution < 1.29 is 46.5 Å². The number of halogens is 2. The van der Waals surface area contributed by atoms with Crippen LogP contribution < -0.4 is 24.8 Å². The molecule has 21 heavy (non-hydrogen) atoms. The fraction of sp³-hybridized carbons (Fsp3) is 0.111. The van der Waals surface area contributed by atoms with Gasteiger partial charge in [0, 0.05) is 0 Å². The normalized spacial score (nSPS) is 11.8. The zero-order valence-electron chi connectivity index (χ0n) is 11.4. The third-order valence-electron chi connectivity index (χ3n) is 3.20. The van der Waals surface area contributed by atoms with Gasteiger partial charge in [-0.2, -0.15) is 35.9 Å². The van der Waals surface area contributed by atoms with Gasteiger partial charge in [0.15, 0.2) is 0 Å². The first-order chi connectivity index (χ1) is 8.95. The van der Waals surface area contributed by atoms with Crippen LogP contribution in [0.15, 0.2) is 60.7 Å². The van der Waals surface area contributed by atoms with Gasteiger partial charge in [0.1, 0.15) is 0 Å². The van der Waals surface area contributed by atoms with Gasteiger partial charge in [-0.15, -0.1) is 12.0 Å². The molecular weight excluding hydrogens is 335 g/mol. The van der Waals surface area contributed by atoms with E-state index in [2.05, 4.69) is 54.6 Å². The average molecular weight is 349 g/mol. The molecule has 3 heteroatoms. The van der Waals surface area contributed by atoms with Crippen molar-refractivity contribution in [1.82, 2.24) is 0 Å². The summed E-state index contributed by atoms with van der Waals surface area (Å²) in [6, 6.07) is 18.1. The summed E-state index contributed by atoms with van der Waals surface area (Å²) in [5, 5.41) is 0. The quantitative estimate of drug-likeness (QED) is 0.338. The molecule has 2 aromatic rings. The second kappa shape index (κ2) is 10.0. The molecule has 0 aromatic heterocycles. The Kier molecular flexibility index (Phi) is 9.65. The van der Waals surface area contributed by atoms with Crippen LogP contribution in [0.25, 0.3) is 11.1 Å². The monoisotopic (exact) mass is 348 g/mol. The summed E-state index contributed by atoms with van der Waals surface area (Å²) < 4.78 is 0. The minimum Gasteiger partial charge on any atom is -1.00 e. The van der Waals surface area contributed by atoms with E-state index in [4.69, 9.17) is 0 Å². The largest absolute Gasteiger partial charge is 4.00 e. The SMILES string of the molecule is [C-]1=CC=CC1.[Cl-].[Cl-].[Ti+4].[c-]1cccc2c1Cc1ccccc1-2. The summed E-state index contributed by atoms with van der Waals surface area (Å²) in [6.07, 6.45) is 11.0. The van der Waals surface area contributed by atoms with Crippen LogP contribution in [0.5, 0.6) is 0 Å².